The third-order valence-corrected chi connectivity index (χ3v) is 6.06. The number of hydrogen-bond donors (Lipinski definition) is 2. The Morgan fingerprint density at radius 3 is 2.76 bits per heavy atom. The van der Waals surface area contributed by atoms with Gasteiger partial charge in [0.15, 0.2) is 11.9 Å². The first-order chi connectivity index (χ1) is 16.2. The van der Waals surface area contributed by atoms with Crippen molar-refractivity contribution < 1.29 is 32.2 Å². The summed E-state index contributed by atoms with van der Waals surface area (Å²) < 4.78 is 50.7. The summed E-state index contributed by atoms with van der Waals surface area (Å²) in [7, 11) is 0. The molecule has 2 saturated heterocycles. The predicted octanol–water partition coefficient (Wildman–Crippen LogP) is 3.44. The van der Waals surface area contributed by atoms with Crippen LogP contribution in [0.25, 0.3) is 11.3 Å². The second kappa shape index (κ2) is 10.1. The van der Waals surface area contributed by atoms with Crippen LogP contribution in [0.5, 0.6) is 0 Å². The summed E-state index contributed by atoms with van der Waals surface area (Å²) in [4.78, 5) is 24.0. The number of anilines is 1. The number of hydrogen-bond acceptors (Lipinski definition) is 5. The minimum atomic E-state index is -4.42. The van der Waals surface area contributed by atoms with Gasteiger partial charge >= 0.3 is 6.18 Å². The zero-order valence-electron chi connectivity index (χ0n) is 18.7. The van der Waals surface area contributed by atoms with Crippen molar-refractivity contribution in [3.05, 3.63) is 35.9 Å². The molecule has 2 aromatic rings. The molecule has 34 heavy (non-hydrogen) atoms. The van der Waals surface area contributed by atoms with Crippen molar-refractivity contribution in [1.29, 1.82) is 0 Å². The Balaban J connectivity index is 1.57. The lowest BCUT2D eigenvalue weighted by molar-refractivity contribution is -0.217. The summed E-state index contributed by atoms with van der Waals surface area (Å²) in [5.74, 6) is -0.546. The van der Waals surface area contributed by atoms with Gasteiger partial charge in [-0.1, -0.05) is 18.2 Å². The van der Waals surface area contributed by atoms with Crippen LogP contribution in [0.1, 0.15) is 37.8 Å². The van der Waals surface area contributed by atoms with Crippen LogP contribution in [0.4, 0.5) is 19.0 Å². The number of carbonyl (C=O) groups excluding carboxylic acids is 2. The second-order valence-electron chi connectivity index (χ2n) is 8.59. The minimum absolute atomic E-state index is 0.0503. The fourth-order valence-electron chi connectivity index (χ4n) is 4.03. The monoisotopic (exact) mass is 480 g/mol. The fraction of sp³-hybridized carbons (Fsp3) is 0.522. The first-order valence-electron chi connectivity index (χ1n) is 11.2. The smallest absolute Gasteiger partial charge is 0.381 e. The fourth-order valence-corrected chi connectivity index (χ4v) is 4.03. The molecule has 2 N–H and O–H groups in total. The van der Waals surface area contributed by atoms with Gasteiger partial charge in [0.1, 0.15) is 0 Å². The van der Waals surface area contributed by atoms with Crippen LogP contribution in [-0.4, -0.2) is 53.6 Å². The largest absolute Gasteiger partial charge is 0.414 e. The van der Waals surface area contributed by atoms with Crippen molar-refractivity contribution in [3.63, 3.8) is 0 Å². The Morgan fingerprint density at radius 2 is 2.09 bits per heavy atom. The summed E-state index contributed by atoms with van der Waals surface area (Å²) in [6.07, 6.45) is -4.67. The van der Waals surface area contributed by atoms with Gasteiger partial charge in [-0.2, -0.15) is 18.3 Å². The molecule has 184 valence electrons. The van der Waals surface area contributed by atoms with Gasteiger partial charge in [-0.25, -0.2) is 0 Å². The van der Waals surface area contributed by atoms with Crippen LogP contribution in [0, 0.1) is 5.92 Å². The highest BCUT2D eigenvalue weighted by Crippen LogP contribution is 2.31. The molecule has 1 aromatic carbocycles. The van der Waals surface area contributed by atoms with Gasteiger partial charge in [-0.05, 0) is 31.4 Å². The molecular weight excluding hydrogens is 453 g/mol. The maximum Gasteiger partial charge on any atom is 0.414 e. The summed E-state index contributed by atoms with van der Waals surface area (Å²) in [6, 6.07) is 8.86. The lowest BCUT2D eigenvalue weighted by Crippen LogP contribution is -2.28. The van der Waals surface area contributed by atoms with E-state index in [4.69, 9.17) is 9.47 Å². The van der Waals surface area contributed by atoms with Gasteiger partial charge in [-0.15, -0.1) is 0 Å². The summed E-state index contributed by atoms with van der Waals surface area (Å²) in [6.45, 7) is 2.25. The molecular formula is C23H27F3N4O4. The lowest BCUT2D eigenvalue weighted by atomic mass is 10.1. The Morgan fingerprint density at radius 1 is 1.32 bits per heavy atom. The molecule has 1 aromatic heterocycles. The van der Waals surface area contributed by atoms with Crippen molar-refractivity contribution in [2.24, 2.45) is 5.92 Å². The number of rotatable bonds is 7. The van der Waals surface area contributed by atoms with Crippen LogP contribution < -0.4 is 10.6 Å². The van der Waals surface area contributed by atoms with E-state index in [0.29, 0.717) is 24.6 Å². The number of aromatic nitrogens is 2. The highest BCUT2D eigenvalue weighted by molar-refractivity contribution is 5.96. The van der Waals surface area contributed by atoms with Gasteiger partial charge < -0.3 is 20.1 Å². The van der Waals surface area contributed by atoms with E-state index in [9.17, 15) is 22.8 Å². The van der Waals surface area contributed by atoms with Crippen LogP contribution in [0.3, 0.4) is 0 Å². The maximum atomic E-state index is 12.8. The molecule has 8 nitrogen and oxygen atoms in total. The van der Waals surface area contributed by atoms with Crippen molar-refractivity contribution in [3.8, 4) is 11.3 Å². The highest BCUT2D eigenvalue weighted by Gasteiger charge is 2.37. The van der Waals surface area contributed by atoms with Crippen molar-refractivity contribution >= 4 is 17.6 Å². The van der Waals surface area contributed by atoms with Gasteiger partial charge in [0.05, 0.1) is 24.3 Å². The van der Waals surface area contributed by atoms with Crippen LogP contribution >= 0.6 is 0 Å². The van der Waals surface area contributed by atoms with Crippen LogP contribution in [0.15, 0.2) is 30.3 Å². The SMILES string of the molecule is C[C@@H](OCc1cccc(-c2cc(NC(=O)[C@@H]3CNC(=O)C3)nn2C2CCOCC2)c1)C(F)(F)F. The number of benzene rings is 1. The third kappa shape index (κ3) is 5.76. The summed E-state index contributed by atoms with van der Waals surface area (Å²) in [5, 5.41) is 10.1. The quantitative estimate of drug-likeness (QED) is 0.633. The van der Waals surface area contributed by atoms with E-state index < -0.39 is 18.2 Å². The average molecular weight is 480 g/mol. The maximum absolute atomic E-state index is 12.8. The van der Waals surface area contributed by atoms with Crippen LogP contribution in [0.2, 0.25) is 0 Å². The summed E-state index contributed by atoms with van der Waals surface area (Å²) in [5.41, 5.74) is 2.07. The molecule has 2 aliphatic rings. The molecule has 4 rings (SSSR count). The zero-order chi connectivity index (χ0) is 24.3. The molecule has 11 heteroatoms. The molecule has 0 unspecified atom stereocenters. The third-order valence-electron chi connectivity index (χ3n) is 6.06. The Labute approximate surface area is 194 Å². The van der Waals surface area contributed by atoms with E-state index in [1.807, 2.05) is 10.7 Å². The predicted molar refractivity (Wildman–Crippen MR) is 117 cm³/mol. The first kappa shape index (κ1) is 24.2. The van der Waals surface area contributed by atoms with E-state index >= 15 is 0 Å². The van der Waals surface area contributed by atoms with Gasteiger partial charge in [-0.3, -0.25) is 14.3 Å². The normalized spacial score (nSPS) is 20.2. The van der Waals surface area contributed by atoms with Gasteiger partial charge in [0, 0.05) is 37.8 Å². The van der Waals surface area contributed by atoms with Gasteiger partial charge in [0.2, 0.25) is 11.8 Å². The lowest BCUT2D eigenvalue weighted by Gasteiger charge is -2.24. The molecule has 0 aliphatic carbocycles. The topological polar surface area (TPSA) is 94.5 Å². The Bertz CT molecular complexity index is 1030. The number of nitrogens with zero attached hydrogens (tertiary/aromatic N) is 2. The standard InChI is InChI=1S/C23H27F3N4O4/c1-14(23(24,25)26)34-13-15-3-2-4-16(9-15)19-11-20(28-22(32)17-10-21(31)27-12-17)29-30(19)18-5-7-33-8-6-18/h2-4,9,11,14,17-18H,5-8,10,12-13H2,1H3,(H,27,31)(H,28,29,32)/t14-,17+/m1/s1. The highest BCUT2D eigenvalue weighted by atomic mass is 19.4. The molecule has 2 atom stereocenters. The Kier molecular flexibility index (Phi) is 7.22. The summed E-state index contributed by atoms with van der Waals surface area (Å²) >= 11 is 0. The average Bonchev–Trinajstić information content (AvgIpc) is 3.44. The second-order valence-corrected chi connectivity index (χ2v) is 8.59. The number of carbonyl (C=O) groups is 2. The van der Waals surface area contributed by atoms with Crippen molar-refractivity contribution in [1.82, 2.24) is 15.1 Å². The number of alkyl halides is 3. The van der Waals surface area contributed by atoms with Crippen LogP contribution in [-0.2, 0) is 25.7 Å². The number of ether oxygens (including phenoxy) is 2. The van der Waals surface area contributed by atoms with E-state index in [-0.39, 0.29) is 37.4 Å². The number of amides is 2. The molecule has 2 amide bonds. The number of nitrogens with one attached hydrogen (secondary N) is 2. The molecule has 0 bridgehead atoms. The number of halogens is 3. The molecule has 0 saturated carbocycles. The zero-order valence-corrected chi connectivity index (χ0v) is 18.7. The molecule has 0 spiro atoms. The molecule has 0 radical (unpaired) electrons. The Hall–Kier alpha value is -2.92. The van der Waals surface area contributed by atoms with Gasteiger partial charge in [0.25, 0.3) is 0 Å². The van der Waals surface area contributed by atoms with Crippen molar-refractivity contribution in [2.75, 3.05) is 25.1 Å². The van der Waals surface area contributed by atoms with E-state index in [2.05, 4.69) is 15.7 Å². The van der Waals surface area contributed by atoms with E-state index in [0.717, 1.165) is 31.0 Å². The minimum Gasteiger partial charge on any atom is -0.381 e. The molecule has 3 heterocycles. The molecule has 2 aliphatic heterocycles. The first-order valence-corrected chi connectivity index (χ1v) is 11.2. The van der Waals surface area contributed by atoms with Crippen molar-refractivity contribution in [2.45, 2.75) is 51.1 Å². The van der Waals surface area contributed by atoms with E-state index in [1.165, 1.54) is 0 Å². The van der Waals surface area contributed by atoms with E-state index in [1.54, 1.807) is 24.3 Å². The molecule has 2 fully saturated rings.